The fourth-order valence-electron chi connectivity index (χ4n) is 4.38. The number of halogens is 1. The van der Waals surface area contributed by atoms with Gasteiger partial charge in [0.15, 0.2) is 0 Å². The number of hydrogen-bond acceptors (Lipinski definition) is 4. The summed E-state index contributed by atoms with van der Waals surface area (Å²) in [6.07, 6.45) is 5.86. The van der Waals surface area contributed by atoms with Crippen molar-refractivity contribution in [2.24, 2.45) is 0 Å². The Labute approximate surface area is 197 Å². The third-order valence-corrected chi connectivity index (χ3v) is 6.19. The Morgan fingerprint density at radius 2 is 1.76 bits per heavy atom. The molecule has 1 aliphatic heterocycles. The van der Waals surface area contributed by atoms with Crippen LogP contribution in [0.2, 0.25) is 5.02 Å². The van der Waals surface area contributed by atoms with Crippen LogP contribution in [0.15, 0.2) is 60.8 Å². The van der Waals surface area contributed by atoms with E-state index in [1.54, 1.807) is 29.0 Å². The number of carboxylic acid groups (broad SMARTS) is 2. The van der Waals surface area contributed by atoms with E-state index in [-0.39, 0.29) is 6.54 Å². The van der Waals surface area contributed by atoms with E-state index in [1.165, 1.54) is 0 Å². The summed E-state index contributed by atoms with van der Waals surface area (Å²) in [5.41, 5.74) is 2.36. The molecule has 1 aliphatic rings. The van der Waals surface area contributed by atoms with E-state index in [0.717, 1.165) is 25.2 Å². The first-order valence-electron chi connectivity index (χ1n) is 10.8. The maximum atomic E-state index is 12.3. The normalized spacial score (nSPS) is 16.4. The predicted octanol–water partition coefficient (Wildman–Crippen LogP) is 3.84. The molecule has 4 rings (SSSR count). The zero-order chi connectivity index (χ0) is 23.4. The third-order valence-electron chi connectivity index (χ3n) is 5.95. The van der Waals surface area contributed by atoms with Gasteiger partial charge in [0.1, 0.15) is 12.6 Å². The number of carbonyl (C=O) groups is 2. The van der Waals surface area contributed by atoms with E-state index in [2.05, 4.69) is 29.2 Å². The van der Waals surface area contributed by atoms with Crippen molar-refractivity contribution >= 4 is 40.5 Å². The Morgan fingerprint density at radius 1 is 1.03 bits per heavy atom. The summed E-state index contributed by atoms with van der Waals surface area (Å²) in [5.74, 6) is -1.95. The molecule has 0 spiro atoms. The second-order valence-corrected chi connectivity index (χ2v) is 8.59. The molecule has 1 aromatic heterocycles. The van der Waals surface area contributed by atoms with Crippen molar-refractivity contribution in [1.29, 1.82) is 0 Å². The first-order chi connectivity index (χ1) is 15.9. The smallest absolute Gasteiger partial charge is 0.325 e. The Balaban J connectivity index is 1.50. The first kappa shape index (κ1) is 23.0. The number of hydrogen-bond donors (Lipinski definition) is 2. The molecular formula is C25H26ClN3O4. The highest BCUT2D eigenvalue weighted by molar-refractivity contribution is 6.31. The maximum absolute atomic E-state index is 12.3. The summed E-state index contributed by atoms with van der Waals surface area (Å²) in [6, 6.07) is 14.4. The molecule has 0 aliphatic carbocycles. The van der Waals surface area contributed by atoms with Crippen molar-refractivity contribution in [3.05, 3.63) is 77.0 Å². The zero-order valence-electron chi connectivity index (χ0n) is 18.1. The van der Waals surface area contributed by atoms with Gasteiger partial charge < -0.3 is 14.8 Å². The van der Waals surface area contributed by atoms with Gasteiger partial charge in [-0.1, -0.05) is 60.2 Å². The Bertz CT molecular complexity index is 1170. The fourth-order valence-corrected chi connectivity index (χ4v) is 4.55. The van der Waals surface area contributed by atoms with E-state index < -0.39 is 18.0 Å². The number of nitrogens with zero attached hydrogens (tertiary/aromatic N) is 3. The zero-order valence-corrected chi connectivity index (χ0v) is 18.9. The van der Waals surface area contributed by atoms with Crippen molar-refractivity contribution < 1.29 is 19.8 Å². The molecule has 1 unspecified atom stereocenters. The first-order valence-corrected chi connectivity index (χ1v) is 11.2. The molecule has 7 nitrogen and oxygen atoms in total. The van der Waals surface area contributed by atoms with Gasteiger partial charge in [0.25, 0.3) is 0 Å². The van der Waals surface area contributed by atoms with Gasteiger partial charge in [-0.3, -0.25) is 19.4 Å². The molecule has 0 amide bonds. The van der Waals surface area contributed by atoms with Crippen molar-refractivity contribution in [1.82, 2.24) is 14.4 Å². The molecule has 0 radical (unpaired) electrons. The van der Waals surface area contributed by atoms with Crippen molar-refractivity contribution in [2.45, 2.75) is 12.6 Å². The van der Waals surface area contributed by atoms with Crippen LogP contribution in [-0.2, 0) is 16.1 Å². The van der Waals surface area contributed by atoms with Crippen molar-refractivity contribution in [2.75, 3.05) is 32.7 Å². The average molecular weight is 468 g/mol. The van der Waals surface area contributed by atoms with Crippen LogP contribution < -0.4 is 0 Å². The molecular weight excluding hydrogens is 442 g/mol. The standard InChI is InChI=1S/C25H26ClN3O4/c26-19-8-9-20-21(16-29(17-23(30)31)22(20)15-19)24(25(32)33)28-13-11-27(12-14-28)10-4-7-18-5-2-1-3-6-18/h1-9,15-16,24H,10-14,17H2,(H,30,31)(H,32,33)/b7-4+. The lowest BCUT2D eigenvalue weighted by Gasteiger charge is -2.37. The predicted molar refractivity (Wildman–Crippen MR) is 128 cm³/mol. The maximum Gasteiger partial charge on any atom is 0.325 e. The number of rotatable bonds is 8. The number of piperazine rings is 1. The molecule has 1 atom stereocenters. The van der Waals surface area contributed by atoms with Crippen LogP contribution in [0, 0.1) is 0 Å². The molecule has 2 heterocycles. The van der Waals surface area contributed by atoms with Crippen LogP contribution in [0.4, 0.5) is 0 Å². The third kappa shape index (κ3) is 5.45. The quantitative estimate of drug-likeness (QED) is 0.523. The number of carboxylic acids is 2. The lowest BCUT2D eigenvalue weighted by Crippen LogP contribution is -2.49. The lowest BCUT2D eigenvalue weighted by molar-refractivity contribution is -0.144. The van der Waals surface area contributed by atoms with Gasteiger partial charge in [-0.25, -0.2) is 0 Å². The van der Waals surface area contributed by atoms with Crippen molar-refractivity contribution in [3.8, 4) is 0 Å². The molecule has 1 saturated heterocycles. The van der Waals surface area contributed by atoms with Gasteiger partial charge in [0.05, 0.1) is 5.52 Å². The van der Waals surface area contributed by atoms with Crippen LogP contribution in [0.3, 0.4) is 0 Å². The van der Waals surface area contributed by atoms with Gasteiger partial charge in [-0.05, 0) is 17.7 Å². The van der Waals surface area contributed by atoms with E-state index in [0.29, 0.717) is 34.6 Å². The molecule has 2 N–H and O–H groups in total. The molecule has 33 heavy (non-hydrogen) atoms. The van der Waals surface area contributed by atoms with Crippen LogP contribution in [0.1, 0.15) is 17.2 Å². The van der Waals surface area contributed by atoms with Gasteiger partial charge in [0, 0.05) is 54.9 Å². The molecule has 172 valence electrons. The van der Waals surface area contributed by atoms with Crippen LogP contribution >= 0.6 is 11.6 Å². The van der Waals surface area contributed by atoms with Gasteiger partial charge in [-0.15, -0.1) is 0 Å². The minimum atomic E-state index is -0.998. The Kier molecular flexibility index (Phi) is 7.13. The average Bonchev–Trinajstić information content (AvgIpc) is 3.12. The lowest BCUT2D eigenvalue weighted by atomic mass is 10.0. The topological polar surface area (TPSA) is 86.0 Å². The SMILES string of the molecule is O=C(O)Cn1cc(C(C(=O)O)N2CCN(C/C=C/c3ccccc3)CC2)c2ccc(Cl)cc21. The van der Waals surface area contributed by atoms with Crippen LogP contribution in [0.25, 0.3) is 17.0 Å². The fraction of sp³-hybridized carbons (Fsp3) is 0.280. The summed E-state index contributed by atoms with van der Waals surface area (Å²) >= 11 is 6.13. The van der Waals surface area contributed by atoms with Crippen LogP contribution in [-0.4, -0.2) is 69.2 Å². The number of aliphatic carboxylic acids is 2. The summed E-state index contributed by atoms with van der Waals surface area (Å²) in [5, 5.41) is 20.6. The summed E-state index contributed by atoms with van der Waals surface area (Å²) in [7, 11) is 0. The largest absolute Gasteiger partial charge is 0.480 e. The Morgan fingerprint density at radius 3 is 2.42 bits per heavy atom. The second-order valence-electron chi connectivity index (χ2n) is 8.16. The molecule has 3 aromatic rings. The number of aromatic nitrogens is 1. The highest BCUT2D eigenvalue weighted by atomic mass is 35.5. The highest BCUT2D eigenvalue weighted by Gasteiger charge is 2.32. The van der Waals surface area contributed by atoms with Crippen LogP contribution in [0.5, 0.6) is 0 Å². The van der Waals surface area contributed by atoms with E-state index in [1.807, 2.05) is 23.1 Å². The Hall–Kier alpha value is -3.13. The molecule has 0 saturated carbocycles. The summed E-state index contributed by atoms with van der Waals surface area (Å²) < 4.78 is 1.56. The van der Waals surface area contributed by atoms with Gasteiger partial charge >= 0.3 is 11.9 Å². The molecule has 0 bridgehead atoms. The minimum Gasteiger partial charge on any atom is -0.480 e. The number of fused-ring (bicyclic) bond motifs is 1. The second kappa shape index (κ2) is 10.2. The van der Waals surface area contributed by atoms with Crippen molar-refractivity contribution in [3.63, 3.8) is 0 Å². The highest BCUT2D eigenvalue weighted by Crippen LogP contribution is 2.33. The monoisotopic (exact) mass is 467 g/mol. The van der Waals surface area contributed by atoms with E-state index >= 15 is 0 Å². The van der Waals surface area contributed by atoms with Gasteiger partial charge in [0.2, 0.25) is 0 Å². The summed E-state index contributed by atoms with van der Waals surface area (Å²) in [4.78, 5) is 27.9. The molecule has 1 fully saturated rings. The van der Waals surface area contributed by atoms with E-state index in [4.69, 9.17) is 11.6 Å². The molecule has 2 aromatic carbocycles. The summed E-state index contributed by atoms with van der Waals surface area (Å²) in [6.45, 7) is 3.26. The van der Waals surface area contributed by atoms with E-state index in [9.17, 15) is 19.8 Å². The number of benzene rings is 2. The minimum absolute atomic E-state index is 0.259. The van der Waals surface area contributed by atoms with Gasteiger partial charge in [-0.2, -0.15) is 0 Å². The molecule has 8 heteroatoms.